The Kier molecular flexibility index (Phi) is 5.76. The molecule has 0 heterocycles. The largest absolute Gasteiger partial charge is 0.417 e. The normalized spacial score (nSPS) is 13.1. The second-order valence-corrected chi connectivity index (χ2v) is 5.00. The third-order valence-electron chi connectivity index (χ3n) is 2.70. The predicted molar refractivity (Wildman–Crippen MR) is 76.9 cm³/mol. The van der Waals surface area contributed by atoms with Crippen LogP contribution in [0.1, 0.15) is 18.1 Å². The van der Waals surface area contributed by atoms with Crippen LogP contribution in [0.3, 0.4) is 0 Å². The van der Waals surface area contributed by atoms with Gasteiger partial charge in [0.1, 0.15) is 4.99 Å². The number of hydrogen-bond donors (Lipinski definition) is 2. The molecule has 112 valence electrons. The molecule has 1 aromatic rings. The predicted octanol–water partition coefficient (Wildman–Crippen LogP) is 3.03. The van der Waals surface area contributed by atoms with E-state index in [4.69, 9.17) is 10.5 Å². The molecule has 0 aliphatic rings. The number of ether oxygens (including phenoxy) is 1. The van der Waals surface area contributed by atoms with Crippen molar-refractivity contribution in [1.29, 1.82) is 0 Å². The van der Waals surface area contributed by atoms with E-state index in [2.05, 4.69) is 17.5 Å². The van der Waals surface area contributed by atoms with E-state index < -0.39 is 11.7 Å². The summed E-state index contributed by atoms with van der Waals surface area (Å²) in [5, 5.41) is 2.94. The number of hydrogen-bond acceptors (Lipinski definition) is 3. The van der Waals surface area contributed by atoms with E-state index in [9.17, 15) is 13.2 Å². The lowest BCUT2D eigenvalue weighted by Crippen LogP contribution is -2.19. The van der Waals surface area contributed by atoms with Crippen LogP contribution in [-0.4, -0.2) is 25.2 Å². The zero-order chi connectivity index (χ0) is 15.3. The van der Waals surface area contributed by atoms with Crippen LogP contribution in [0, 0.1) is 5.92 Å². The van der Waals surface area contributed by atoms with Crippen molar-refractivity contribution in [2.24, 2.45) is 11.7 Å². The van der Waals surface area contributed by atoms with E-state index in [0.717, 1.165) is 6.07 Å². The smallest absolute Gasteiger partial charge is 0.389 e. The van der Waals surface area contributed by atoms with Gasteiger partial charge in [-0.2, -0.15) is 13.2 Å². The van der Waals surface area contributed by atoms with Crippen LogP contribution in [0.15, 0.2) is 18.2 Å². The van der Waals surface area contributed by atoms with Gasteiger partial charge in [-0.25, -0.2) is 0 Å². The maximum atomic E-state index is 12.9. The Balaban J connectivity index is 2.93. The van der Waals surface area contributed by atoms with E-state index >= 15 is 0 Å². The van der Waals surface area contributed by atoms with Crippen LogP contribution < -0.4 is 11.1 Å². The Bertz CT molecular complexity index is 477. The molecule has 0 fully saturated rings. The summed E-state index contributed by atoms with van der Waals surface area (Å²) in [6.45, 7) is 2.98. The van der Waals surface area contributed by atoms with Gasteiger partial charge in [-0.15, -0.1) is 0 Å². The van der Waals surface area contributed by atoms with Crippen LogP contribution in [0.4, 0.5) is 18.9 Å². The van der Waals surface area contributed by atoms with Gasteiger partial charge >= 0.3 is 6.18 Å². The Morgan fingerprint density at radius 2 is 2.10 bits per heavy atom. The van der Waals surface area contributed by atoms with Gasteiger partial charge in [0.15, 0.2) is 0 Å². The molecule has 0 bridgehead atoms. The van der Waals surface area contributed by atoms with Crippen molar-refractivity contribution < 1.29 is 17.9 Å². The number of halogens is 3. The fourth-order valence-corrected chi connectivity index (χ4v) is 1.92. The number of anilines is 1. The molecule has 3 N–H and O–H groups in total. The molecular formula is C13H17F3N2OS. The molecule has 1 aromatic carbocycles. The minimum absolute atomic E-state index is 0.164. The third-order valence-corrected chi connectivity index (χ3v) is 2.92. The van der Waals surface area contributed by atoms with Gasteiger partial charge in [-0.1, -0.05) is 19.1 Å². The number of alkyl halides is 3. The first-order valence-corrected chi connectivity index (χ1v) is 6.40. The summed E-state index contributed by atoms with van der Waals surface area (Å²) >= 11 is 4.64. The average molecular weight is 306 g/mol. The molecule has 0 saturated heterocycles. The second kappa shape index (κ2) is 6.90. The second-order valence-electron chi connectivity index (χ2n) is 4.56. The quantitative estimate of drug-likeness (QED) is 0.793. The lowest BCUT2D eigenvalue weighted by molar-refractivity contribution is -0.137. The maximum Gasteiger partial charge on any atom is 0.417 e. The molecule has 3 nitrogen and oxygen atoms in total. The van der Waals surface area contributed by atoms with E-state index in [1.54, 1.807) is 7.11 Å². The molecule has 0 aliphatic carbocycles. The topological polar surface area (TPSA) is 47.3 Å². The van der Waals surface area contributed by atoms with Gasteiger partial charge in [0.2, 0.25) is 0 Å². The molecule has 0 aliphatic heterocycles. The molecule has 1 rings (SSSR count). The van der Waals surface area contributed by atoms with Crippen LogP contribution in [0.2, 0.25) is 0 Å². The molecule has 0 spiro atoms. The number of methoxy groups -OCH3 is 1. The van der Waals surface area contributed by atoms with Crippen molar-refractivity contribution in [2.75, 3.05) is 25.6 Å². The summed E-state index contributed by atoms with van der Waals surface area (Å²) in [7, 11) is 1.58. The number of benzene rings is 1. The Morgan fingerprint density at radius 1 is 1.45 bits per heavy atom. The van der Waals surface area contributed by atoms with Crippen molar-refractivity contribution in [3.05, 3.63) is 29.3 Å². The lowest BCUT2D eigenvalue weighted by atomic mass is 10.1. The number of nitrogens with one attached hydrogen (secondary N) is 1. The van der Waals surface area contributed by atoms with Crippen molar-refractivity contribution in [3.8, 4) is 0 Å². The summed E-state index contributed by atoms with van der Waals surface area (Å²) in [5.74, 6) is 0.185. The molecule has 20 heavy (non-hydrogen) atoms. The van der Waals surface area contributed by atoms with Crippen molar-refractivity contribution in [3.63, 3.8) is 0 Å². The number of nitrogens with two attached hydrogens (primary N) is 1. The van der Waals surface area contributed by atoms with Gasteiger partial charge in [-0.3, -0.25) is 0 Å². The highest BCUT2D eigenvalue weighted by Crippen LogP contribution is 2.33. The van der Waals surface area contributed by atoms with E-state index in [-0.39, 0.29) is 16.5 Å². The number of thiocarbonyl (C=S) groups is 1. The molecule has 1 atom stereocenters. The van der Waals surface area contributed by atoms with Gasteiger partial charge in [0.05, 0.1) is 12.2 Å². The zero-order valence-electron chi connectivity index (χ0n) is 11.3. The average Bonchev–Trinajstić information content (AvgIpc) is 2.35. The van der Waals surface area contributed by atoms with Gasteiger partial charge < -0.3 is 15.8 Å². The van der Waals surface area contributed by atoms with Gasteiger partial charge in [-0.05, 0) is 24.1 Å². The Hall–Kier alpha value is -1.34. The van der Waals surface area contributed by atoms with Crippen molar-refractivity contribution in [1.82, 2.24) is 0 Å². The fourth-order valence-electron chi connectivity index (χ4n) is 1.74. The minimum atomic E-state index is -4.49. The standard InChI is InChI=1S/C13H17F3N2OS/c1-8(7-19-2)6-18-9-3-4-10(12(17)20)11(5-9)13(14,15)16/h3-5,8,18H,6-7H2,1-2H3,(H2,17,20). The Morgan fingerprint density at radius 3 is 2.60 bits per heavy atom. The summed E-state index contributed by atoms with van der Waals surface area (Å²) in [5.41, 5.74) is 4.70. The lowest BCUT2D eigenvalue weighted by Gasteiger charge is -2.16. The van der Waals surface area contributed by atoms with E-state index in [0.29, 0.717) is 18.8 Å². The molecule has 0 radical (unpaired) electrons. The monoisotopic (exact) mass is 306 g/mol. The third kappa shape index (κ3) is 4.64. The Labute approximate surface area is 121 Å². The van der Waals surface area contributed by atoms with Crippen LogP contribution >= 0.6 is 12.2 Å². The summed E-state index contributed by atoms with van der Waals surface area (Å²) < 4.78 is 43.8. The minimum Gasteiger partial charge on any atom is -0.389 e. The molecule has 0 saturated carbocycles. The van der Waals surface area contributed by atoms with Crippen molar-refractivity contribution in [2.45, 2.75) is 13.1 Å². The molecular weight excluding hydrogens is 289 g/mol. The highest BCUT2D eigenvalue weighted by molar-refractivity contribution is 7.80. The zero-order valence-corrected chi connectivity index (χ0v) is 12.1. The highest BCUT2D eigenvalue weighted by atomic mass is 32.1. The first-order chi connectivity index (χ1) is 9.25. The van der Waals surface area contributed by atoms with Crippen LogP contribution in [0.5, 0.6) is 0 Å². The van der Waals surface area contributed by atoms with Crippen LogP contribution in [-0.2, 0) is 10.9 Å². The van der Waals surface area contributed by atoms with Gasteiger partial charge in [0, 0.05) is 24.9 Å². The maximum absolute atomic E-state index is 12.9. The molecule has 0 amide bonds. The first kappa shape index (κ1) is 16.7. The van der Waals surface area contributed by atoms with E-state index in [1.165, 1.54) is 12.1 Å². The molecule has 1 unspecified atom stereocenters. The number of rotatable bonds is 6. The summed E-state index contributed by atoms with van der Waals surface area (Å²) in [4.78, 5) is -0.267. The van der Waals surface area contributed by atoms with Crippen molar-refractivity contribution >= 4 is 22.9 Å². The molecule has 7 heteroatoms. The summed E-state index contributed by atoms with van der Waals surface area (Å²) in [6.07, 6.45) is -4.49. The van der Waals surface area contributed by atoms with Gasteiger partial charge in [0.25, 0.3) is 0 Å². The van der Waals surface area contributed by atoms with E-state index in [1.807, 2.05) is 6.92 Å². The fraction of sp³-hybridized carbons (Fsp3) is 0.462. The molecule has 0 aromatic heterocycles. The summed E-state index contributed by atoms with van der Waals surface area (Å²) in [6, 6.07) is 3.84. The SMILES string of the molecule is COCC(C)CNc1ccc(C(N)=S)c(C(F)(F)F)c1. The highest BCUT2D eigenvalue weighted by Gasteiger charge is 2.34. The van der Waals surface area contributed by atoms with Crippen LogP contribution in [0.25, 0.3) is 0 Å². The first-order valence-electron chi connectivity index (χ1n) is 5.99.